The molecule has 214 valence electrons. The van der Waals surface area contributed by atoms with Crippen LogP contribution in [0, 0.1) is 6.92 Å². The van der Waals surface area contributed by atoms with Crippen molar-refractivity contribution in [3.05, 3.63) is 108 Å². The van der Waals surface area contributed by atoms with Crippen molar-refractivity contribution >= 4 is 55.9 Å². The Balaban J connectivity index is 1.49. The summed E-state index contributed by atoms with van der Waals surface area (Å²) in [6, 6.07) is 34.1. The normalized spacial score (nSPS) is 13.8. The second kappa shape index (κ2) is 8.33. The zero-order valence-electron chi connectivity index (χ0n) is 26.6. The molecule has 4 heteroatoms. The summed E-state index contributed by atoms with van der Waals surface area (Å²) in [6.45, 7) is 16.5. The van der Waals surface area contributed by atoms with Crippen molar-refractivity contribution in [1.82, 2.24) is 14.1 Å². The summed E-state index contributed by atoms with van der Waals surface area (Å²) in [4.78, 5) is 5.38. The molecule has 0 amide bonds. The van der Waals surface area contributed by atoms with Gasteiger partial charge in [0.05, 0.1) is 22.1 Å². The lowest BCUT2D eigenvalue weighted by atomic mass is 9.37. The molecule has 5 aromatic carbocycles. The van der Waals surface area contributed by atoms with Gasteiger partial charge in [-0.25, -0.2) is 4.98 Å². The van der Waals surface area contributed by atoms with Crippen LogP contribution in [-0.4, -0.2) is 20.8 Å². The maximum atomic E-state index is 5.38. The van der Waals surface area contributed by atoms with Gasteiger partial charge < -0.3 is 4.57 Å². The number of rotatable bonds is 1. The Morgan fingerprint density at radius 3 is 2.18 bits per heavy atom. The molecular weight excluding hydrogens is 533 g/mol. The third-order valence-electron chi connectivity index (χ3n) is 10.1. The van der Waals surface area contributed by atoms with Crippen LogP contribution in [0.2, 0.25) is 0 Å². The third kappa shape index (κ3) is 3.21. The molecule has 0 N–H and O–H groups in total. The van der Waals surface area contributed by atoms with Crippen LogP contribution in [0.25, 0.3) is 55.3 Å². The minimum Gasteiger partial charge on any atom is -0.309 e. The molecule has 0 saturated carbocycles. The molecule has 2 aliphatic rings. The van der Waals surface area contributed by atoms with Crippen LogP contribution in [0.1, 0.15) is 58.5 Å². The zero-order valence-corrected chi connectivity index (χ0v) is 26.6. The Kier molecular flexibility index (Phi) is 4.90. The van der Waals surface area contributed by atoms with E-state index in [1.807, 2.05) is 0 Å². The van der Waals surface area contributed by atoms with Crippen LogP contribution < -0.4 is 16.4 Å². The number of nitrogens with zero attached hydrogens (tertiary/aromatic N) is 3. The van der Waals surface area contributed by atoms with Gasteiger partial charge in [0, 0.05) is 22.1 Å². The zero-order chi connectivity index (χ0) is 30.3. The molecule has 3 nitrogen and oxygen atoms in total. The van der Waals surface area contributed by atoms with E-state index in [4.69, 9.17) is 4.98 Å². The van der Waals surface area contributed by atoms with Gasteiger partial charge in [0.2, 0.25) is 6.71 Å². The van der Waals surface area contributed by atoms with Crippen molar-refractivity contribution in [1.29, 1.82) is 0 Å². The molecule has 0 radical (unpaired) electrons. The molecule has 4 heterocycles. The summed E-state index contributed by atoms with van der Waals surface area (Å²) in [5, 5.41) is 2.49. The van der Waals surface area contributed by atoms with Gasteiger partial charge in [-0.05, 0) is 81.3 Å². The van der Waals surface area contributed by atoms with E-state index in [-0.39, 0.29) is 17.5 Å². The van der Waals surface area contributed by atoms with Crippen molar-refractivity contribution < 1.29 is 0 Å². The van der Waals surface area contributed by atoms with Crippen molar-refractivity contribution in [2.24, 2.45) is 0 Å². The number of benzene rings is 5. The van der Waals surface area contributed by atoms with Crippen LogP contribution in [0.4, 0.5) is 0 Å². The summed E-state index contributed by atoms with van der Waals surface area (Å²) in [6.07, 6.45) is 0. The molecule has 0 bridgehead atoms. The highest BCUT2D eigenvalue weighted by Crippen LogP contribution is 2.42. The smallest absolute Gasteiger partial charge is 0.248 e. The average Bonchev–Trinajstić information content (AvgIpc) is 3.63. The van der Waals surface area contributed by atoms with Crippen molar-refractivity contribution in [3.8, 4) is 22.5 Å². The minimum absolute atomic E-state index is 0.00731. The second-order valence-electron chi connectivity index (χ2n) is 14.9. The Morgan fingerprint density at radius 1 is 0.682 bits per heavy atom. The van der Waals surface area contributed by atoms with Gasteiger partial charge in [-0.15, -0.1) is 0 Å². The number of hydrogen-bond donors (Lipinski definition) is 0. The lowest BCUT2D eigenvalue weighted by molar-refractivity contribution is 0.570. The first kappa shape index (κ1) is 25.9. The first-order chi connectivity index (χ1) is 21.0. The van der Waals surface area contributed by atoms with Crippen LogP contribution in [-0.2, 0) is 10.8 Å². The summed E-state index contributed by atoms with van der Waals surface area (Å²) < 4.78 is 4.89. The maximum absolute atomic E-state index is 5.38. The molecule has 0 atom stereocenters. The largest absolute Gasteiger partial charge is 0.309 e. The molecule has 2 aromatic heterocycles. The van der Waals surface area contributed by atoms with Gasteiger partial charge >= 0.3 is 0 Å². The SMILES string of the molecule is Cc1nc2c3c4ccccc4n(-c4ccccc4)c3cc3c2n1-c1cccc2c1B3c1cc(C(C)(C)C)cc(C(C)(C)C)c1-2. The molecule has 0 aliphatic carbocycles. The van der Waals surface area contributed by atoms with E-state index in [0.29, 0.717) is 0 Å². The van der Waals surface area contributed by atoms with Gasteiger partial charge in [-0.1, -0.05) is 108 Å². The third-order valence-corrected chi connectivity index (χ3v) is 10.1. The number of imidazole rings is 1. The fourth-order valence-electron chi connectivity index (χ4n) is 8.17. The summed E-state index contributed by atoms with van der Waals surface area (Å²) in [5.74, 6) is 1.04. The predicted molar refractivity (Wildman–Crippen MR) is 188 cm³/mol. The molecule has 44 heavy (non-hydrogen) atoms. The van der Waals surface area contributed by atoms with E-state index < -0.39 is 0 Å². The molecule has 0 spiro atoms. The summed E-state index contributed by atoms with van der Waals surface area (Å²) >= 11 is 0. The lowest BCUT2D eigenvalue weighted by Gasteiger charge is -2.29. The van der Waals surface area contributed by atoms with Crippen LogP contribution in [0.3, 0.4) is 0 Å². The molecule has 0 fully saturated rings. The minimum atomic E-state index is 0.00731. The average molecular weight is 570 g/mol. The maximum Gasteiger partial charge on any atom is 0.248 e. The molecular formula is C40H36BN3. The van der Waals surface area contributed by atoms with E-state index >= 15 is 0 Å². The van der Waals surface area contributed by atoms with Gasteiger partial charge in [-0.3, -0.25) is 4.57 Å². The van der Waals surface area contributed by atoms with E-state index in [0.717, 1.165) is 11.3 Å². The van der Waals surface area contributed by atoms with Gasteiger partial charge in [-0.2, -0.15) is 0 Å². The highest BCUT2D eigenvalue weighted by molar-refractivity contribution is 7.01. The van der Waals surface area contributed by atoms with Gasteiger partial charge in [0.25, 0.3) is 0 Å². The fraction of sp³-hybridized carbons (Fsp3) is 0.225. The Morgan fingerprint density at radius 2 is 1.43 bits per heavy atom. The monoisotopic (exact) mass is 569 g/mol. The quantitative estimate of drug-likeness (QED) is 0.185. The van der Waals surface area contributed by atoms with Crippen LogP contribution in [0.15, 0.2) is 91.0 Å². The van der Waals surface area contributed by atoms with Crippen molar-refractivity contribution in [3.63, 3.8) is 0 Å². The Labute approximate surface area is 259 Å². The number of fused-ring (bicyclic) bond motifs is 9. The van der Waals surface area contributed by atoms with Gasteiger partial charge in [0.1, 0.15) is 5.82 Å². The number of para-hydroxylation sites is 2. The Bertz CT molecular complexity index is 2360. The number of aryl methyl sites for hydroxylation is 1. The van der Waals surface area contributed by atoms with E-state index in [1.54, 1.807) is 0 Å². The fourth-order valence-corrected chi connectivity index (χ4v) is 8.17. The topological polar surface area (TPSA) is 22.8 Å². The number of hydrogen-bond acceptors (Lipinski definition) is 1. The first-order valence-electron chi connectivity index (χ1n) is 15.9. The molecule has 7 aromatic rings. The van der Waals surface area contributed by atoms with Crippen molar-refractivity contribution in [2.45, 2.75) is 59.3 Å². The molecule has 9 rings (SSSR count). The lowest BCUT2D eigenvalue weighted by Crippen LogP contribution is -2.53. The van der Waals surface area contributed by atoms with Crippen LogP contribution in [0.5, 0.6) is 0 Å². The molecule has 0 unspecified atom stereocenters. The summed E-state index contributed by atoms with van der Waals surface area (Å²) in [7, 11) is 0. The van der Waals surface area contributed by atoms with Gasteiger partial charge in [0.15, 0.2) is 0 Å². The van der Waals surface area contributed by atoms with Crippen molar-refractivity contribution in [2.75, 3.05) is 0 Å². The van der Waals surface area contributed by atoms with Crippen LogP contribution >= 0.6 is 0 Å². The highest BCUT2D eigenvalue weighted by Gasteiger charge is 2.44. The predicted octanol–water partition coefficient (Wildman–Crippen LogP) is 7.84. The first-order valence-corrected chi connectivity index (χ1v) is 15.9. The highest BCUT2D eigenvalue weighted by atomic mass is 15.1. The molecule has 2 aliphatic heterocycles. The second-order valence-corrected chi connectivity index (χ2v) is 14.9. The number of aromatic nitrogens is 3. The van der Waals surface area contributed by atoms with E-state index in [9.17, 15) is 0 Å². The summed E-state index contributed by atoms with van der Waals surface area (Å²) in [5.41, 5.74) is 17.2. The van der Waals surface area contributed by atoms with E-state index in [1.165, 1.54) is 77.3 Å². The Hall–Kier alpha value is -4.57. The molecule has 0 saturated heterocycles. The van der Waals surface area contributed by atoms with E-state index in [2.05, 4.69) is 149 Å². The standard InChI is InChI=1S/C40H36BN3/c1-23-42-37-35-26-16-11-12-18-31(26)44(25-14-9-8-10-15-25)33(35)22-30-38(37)43(23)32-19-13-17-27-34-28(40(5,6)7)20-24(39(2,3)4)21-29(34)41(30)36(27)32/h8-22H,1-7H3.